The van der Waals surface area contributed by atoms with E-state index in [4.69, 9.17) is 15.1 Å². The molecule has 0 unspecified atom stereocenters. The van der Waals surface area contributed by atoms with Crippen LogP contribution in [0.4, 0.5) is 5.82 Å². The quantitative estimate of drug-likeness (QED) is 0.795. The summed E-state index contributed by atoms with van der Waals surface area (Å²) in [7, 11) is 0. The molecule has 0 aliphatic carbocycles. The minimum Gasteiger partial charge on any atom is -0.382 e. The highest BCUT2D eigenvalue weighted by Gasteiger charge is 2.09. The van der Waals surface area contributed by atoms with Crippen molar-refractivity contribution in [2.45, 2.75) is 27.3 Å². The molecule has 92 valence electrons. The fourth-order valence-electron chi connectivity index (χ4n) is 1.36. The van der Waals surface area contributed by atoms with Crippen molar-refractivity contribution in [3.8, 4) is 0 Å². The smallest absolute Gasteiger partial charge is 0.145 e. The summed E-state index contributed by atoms with van der Waals surface area (Å²) in [6, 6.07) is 1.76. The molecule has 0 aromatic carbocycles. The lowest BCUT2D eigenvalue weighted by Crippen LogP contribution is -2.02. The minimum atomic E-state index is 0.525. The number of aromatic nitrogens is 3. The van der Waals surface area contributed by atoms with Gasteiger partial charge < -0.3 is 15.1 Å². The van der Waals surface area contributed by atoms with Crippen molar-refractivity contribution in [2.24, 2.45) is 0 Å². The molecule has 0 saturated carbocycles. The van der Waals surface area contributed by atoms with Gasteiger partial charge in [0.2, 0.25) is 0 Å². The molecule has 0 fully saturated rings. The van der Waals surface area contributed by atoms with Crippen LogP contribution in [0.25, 0.3) is 0 Å². The van der Waals surface area contributed by atoms with E-state index in [2.05, 4.69) is 10.3 Å². The Morgan fingerprint density at radius 1 is 1.53 bits per heavy atom. The fraction of sp³-hybridized carbons (Fsp3) is 0.364. The third-order valence-electron chi connectivity index (χ3n) is 2.16. The van der Waals surface area contributed by atoms with E-state index in [1.54, 1.807) is 10.7 Å². The summed E-state index contributed by atoms with van der Waals surface area (Å²) in [5.74, 6) is 1.35. The SMILES string of the molecule is CC=O.Cc1noc(C)c1Cn1ccc(N)n1. The van der Waals surface area contributed by atoms with E-state index in [1.165, 1.54) is 6.92 Å². The average Bonchev–Trinajstić information content (AvgIpc) is 2.81. The first kappa shape index (κ1) is 13.0. The molecule has 0 bridgehead atoms. The van der Waals surface area contributed by atoms with E-state index in [0.29, 0.717) is 12.4 Å². The van der Waals surface area contributed by atoms with Gasteiger partial charge in [0.1, 0.15) is 17.9 Å². The Balaban J connectivity index is 0.000000437. The van der Waals surface area contributed by atoms with Crippen LogP contribution in [-0.2, 0) is 11.3 Å². The zero-order valence-corrected chi connectivity index (χ0v) is 10.2. The zero-order chi connectivity index (χ0) is 12.8. The highest BCUT2D eigenvalue weighted by Crippen LogP contribution is 2.13. The van der Waals surface area contributed by atoms with E-state index in [9.17, 15) is 0 Å². The van der Waals surface area contributed by atoms with Gasteiger partial charge in [-0.3, -0.25) is 4.68 Å². The predicted molar refractivity (Wildman–Crippen MR) is 63.5 cm³/mol. The molecular weight excluding hydrogens is 220 g/mol. The lowest BCUT2D eigenvalue weighted by atomic mass is 10.2. The zero-order valence-electron chi connectivity index (χ0n) is 10.2. The molecule has 2 heterocycles. The van der Waals surface area contributed by atoms with Gasteiger partial charge in [-0.15, -0.1) is 0 Å². The maximum Gasteiger partial charge on any atom is 0.145 e. The van der Waals surface area contributed by atoms with Gasteiger partial charge in [0.25, 0.3) is 0 Å². The second-order valence-corrected chi connectivity index (χ2v) is 3.48. The number of anilines is 1. The van der Waals surface area contributed by atoms with Gasteiger partial charge in [-0.1, -0.05) is 5.16 Å². The number of rotatable bonds is 2. The summed E-state index contributed by atoms with van der Waals surface area (Å²) >= 11 is 0. The van der Waals surface area contributed by atoms with Gasteiger partial charge >= 0.3 is 0 Å². The Morgan fingerprint density at radius 3 is 2.59 bits per heavy atom. The Labute approximate surface area is 99.4 Å². The standard InChI is InChI=1S/C9H12N4O.C2H4O/c1-6-8(7(2)14-12-6)5-13-4-3-9(10)11-13;1-2-3/h3-4H,5H2,1-2H3,(H2,10,11);2H,1H3. The summed E-state index contributed by atoms with van der Waals surface area (Å²) in [6.07, 6.45) is 2.58. The Kier molecular flexibility index (Phi) is 4.45. The number of hydrogen-bond acceptors (Lipinski definition) is 5. The van der Waals surface area contributed by atoms with Crippen molar-refractivity contribution in [3.63, 3.8) is 0 Å². The van der Waals surface area contributed by atoms with Crippen LogP contribution >= 0.6 is 0 Å². The number of carbonyl (C=O) groups is 1. The first-order valence-electron chi connectivity index (χ1n) is 5.19. The summed E-state index contributed by atoms with van der Waals surface area (Å²) in [4.78, 5) is 8.81. The van der Waals surface area contributed by atoms with E-state index < -0.39 is 0 Å². The molecule has 6 heteroatoms. The van der Waals surface area contributed by atoms with Crippen molar-refractivity contribution in [1.82, 2.24) is 14.9 Å². The molecule has 0 aliphatic heterocycles. The summed E-state index contributed by atoms with van der Waals surface area (Å²) in [6.45, 7) is 5.90. The van der Waals surface area contributed by atoms with Gasteiger partial charge in [-0.25, -0.2) is 0 Å². The average molecular weight is 236 g/mol. The molecule has 0 radical (unpaired) electrons. The van der Waals surface area contributed by atoms with E-state index in [1.807, 2.05) is 20.0 Å². The van der Waals surface area contributed by atoms with Crippen LogP contribution in [-0.4, -0.2) is 21.2 Å². The highest BCUT2D eigenvalue weighted by atomic mass is 16.5. The lowest BCUT2D eigenvalue weighted by molar-refractivity contribution is -0.106. The van der Waals surface area contributed by atoms with Crippen LogP contribution in [0, 0.1) is 13.8 Å². The maximum absolute atomic E-state index is 8.81. The number of nitrogen functional groups attached to an aromatic ring is 1. The lowest BCUT2D eigenvalue weighted by Gasteiger charge is -1.99. The number of hydrogen-bond donors (Lipinski definition) is 1. The Morgan fingerprint density at radius 2 is 2.18 bits per heavy atom. The first-order chi connectivity index (χ1) is 8.08. The highest BCUT2D eigenvalue weighted by molar-refractivity contribution is 5.44. The maximum atomic E-state index is 8.81. The normalized spacial score (nSPS) is 9.59. The molecule has 6 nitrogen and oxygen atoms in total. The molecule has 2 rings (SSSR count). The topological polar surface area (TPSA) is 86.9 Å². The van der Waals surface area contributed by atoms with Crippen molar-refractivity contribution < 1.29 is 9.32 Å². The van der Waals surface area contributed by atoms with E-state index in [0.717, 1.165) is 23.3 Å². The molecule has 0 amide bonds. The molecule has 0 aliphatic rings. The molecule has 0 atom stereocenters. The van der Waals surface area contributed by atoms with Crippen LogP contribution in [0.3, 0.4) is 0 Å². The first-order valence-corrected chi connectivity index (χ1v) is 5.19. The Bertz CT molecular complexity index is 468. The van der Waals surface area contributed by atoms with Crippen LogP contribution in [0.5, 0.6) is 0 Å². The number of aldehydes is 1. The van der Waals surface area contributed by atoms with Crippen molar-refractivity contribution in [2.75, 3.05) is 5.73 Å². The number of aryl methyl sites for hydroxylation is 2. The van der Waals surface area contributed by atoms with Crippen LogP contribution < -0.4 is 5.73 Å². The number of nitrogens with zero attached hydrogens (tertiary/aromatic N) is 3. The second-order valence-electron chi connectivity index (χ2n) is 3.48. The number of nitrogens with two attached hydrogens (primary N) is 1. The van der Waals surface area contributed by atoms with Gasteiger partial charge in [-0.05, 0) is 26.8 Å². The molecule has 2 N–H and O–H groups in total. The molecule has 17 heavy (non-hydrogen) atoms. The fourth-order valence-corrected chi connectivity index (χ4v) is 1.36. The Hall–Kier alpha value is -2.11. The second kappa shape index (κ2) is 5.83. The van der Waals surface area contributed by atoms with Gasteiger partial charge in [0.15, 0.2) is 0 Å². The van der Waals surface area contributed by atoms with Crippen LogP contribution in [0.15, 0.2) is 16.8 Å². The number of carbonyl (C=O) groups excluding carboxylic acids is 1. The van der Waals surface area contributed by atoms with Crippen molar-refractivity contribution in [3.05, 3.63) is 29.3 Å². The van der Waals surface area contributed by atoms with E-state index >= 15 is 0 Å². The van der Waals surface area contributed by atoms with Crippen LogP contribution in [0.2, 0.25) is 0 Å². The van der Waals surface area contributed by atoms with Gasteiger partial charge in [-0.2, -0.15) is 5.10 Å². The molecule has 0 saturated heterocycles. The largest absolute Gasteiger partial charge is 0.382 e. The van der Waals surface area contributed by atoms with Gasteiger partial charge in [0.05, 0.1) is 12.2 Å². The van der Waals surface area contributed by atoms with Crippen LogP contribution in [0.1, 0.15) is 23.9 Å². The molecule has 2 aromatic rings. The molecule has 2 aromatic heterocycles. The predicted octanol–water partition coefficient (Wildman–Crippen LogP) is 1.32. The third kappa shape index (κ3) is 3.44. The summed E-state index contributed by atoms with van der Waals surface area (Å²) < 4.78 is 6.82. The summed E-state index contributed by atoms with van der Waals surface area (Å²) in [5.41, 5.74) is 7.48. The third-order valence-corrected chi connectivity index (χ3v) is 2.16. The summed E-state index contributed by atoms with van der Waals surface area (Å²) in [5, 5.41) is 7.96. The van der Waals surface area contributed by atoms with Crippen molar-refractivity contribution >= 4 is 12.1 Å². The van der Waals surface area contributed by atoms with Gasteiger partial charge in [0, 0.05) is 11.8 Å². The monoisotopic (exact) mass is 236 g/mol. The minimum absolute atomic E-state index is 0.525. The van der Waals surface area contributed by atoms with Crippen molar-refractivity contribution in [1.29, 1.82) is 0 Å². The van der Waals surface area contributed by atoms with E-state index in [-0.39, 0.29) is 0 Å². The molecular formula is C11H16N4O2. The molecule has 0 spiro atoms.